The Labute approximate surface area is 128 Å². The first-order valence-electron chi connectivity index (χ1n) is 8.90. The molecule has 5 atom stereocenters. The van der Waals surface area contributed by atoms with Gasteiger partial charge < -0.3 is 19.9 Å². The molecule has 1 fully saturated rings. The van der Waals surface area contributed by atoms with Gasteiger partial charge in [-0.15, -0.1) is 0 Å². The maximum atomic E-state index is 8.43. The second-order valence-corrected chi connectivity index (χ2v) is 6.79. The second-order valence-electron chi connectivity index (χ2n) is 6.79. The van der Waals surface area contributed by atoms with Crippen LogP contribution in [0.2, 0.25) is 0 Å². The minimum atomic E-state index is -0.448. The fourth-order valence-corrected chi connectivity index (χ4v) is 5.11. The van der Waals surface area contributed by atoms with Crippen LogP contribution in [0.3, 0.4) is 0 Å². The third-order valence-electron chi connectivity index (χ3n) is 6.02. The summed E-state index contributed by atoms with van der Waals surface area (Å²) in [7, 11) is 2.14. The average Bonchev–Trinajstić information content (AvgIpc) is 2.93. The van der Waals surface area contributed by atoms with Crippen molar-refractivity contribution in [3.05, 3.63) is 35.4 Å². The number of hydrogen-bond acceptors (Lipinski definition) is 4. The number of phenols is 1. The van der Waals surface area contributed by atoms with E-state index in [1.807, 2.05) is 6.08 Å². The van der Waals surface area contributed by atoms with Crippen molar-refractivity contribution in [3.8, 4) is 11.5 Å². The molecule has 0 saturated carbocycles. The Morgan fingerprint density at radius 3 is 3.33 bits per heavy atom. The maximum Gasteiger partial charge on any atom is 0.293 e. The first-order valence-corrected chi connectivity index (χ1v) is 7.59. The Morgan fingerprint density at radius 1 is 1.52 bits per heavy atom. The summed E-state index contributed by atoms with van der Waals surface area (Å²) in [6.07, 6.45) is 5.06. The number of nitrogens with zero attached hydrogens (tertiary/aromatic N) is 1. The lowest BCUT2D eigenvalue weighted by Crippen LogP contribution is -2.64. The number of aliphatic hydroxyl groups is 1. The van der Waals surface area contributed by atoms with Gasteiger partial charge in [0, 0.05) is 22.9 Å². The highest BCUT2D eigenvalue weighted by atomic mass is 16.5. The van der Waals surface area contributed by atoms with Crippen LogP contribution in [0.5, 0.6) is 11.5 Å². The van der Waals surface area contributed by atoms with Crippen molar-refractivity contribution < 1.29 is 16.3 Å². The minimum Gasteiger partial charge on any atom is -0.504 e. The molecule has 2 N–H and O–H groups in total. The standard InChI is InChI=1S/C17H19NO3/c1-18-7-6-17-10-3-5-13(20)16(17)21-15-12(19)4-2-9(14(15)17)8-11(10)18/h2-5,10-11,13,16,19-20H,6-8H2,1H3/t10-,11+,13-,16-,17-/m0/s1/i2D,20D/hD. The molecule has 110 valence electrons. The smallest absolute Gasteiger partial charge is 0.293 e. The molecule has 1 aromatic rings. The number of likely N-dealkylation sites (tertiary alicyclic amines) is 1. The molecule has 21 heavy (non-hydrogen) atoms. The lowest BCUT2D eigenvalue weighted by Gasteiger charge is -2.56. The van der Waals surface area contributed by atoms with E-state index in [0.29, 0.717) is 23.6 Å². The Bertz CT molecular complexity index is 755. The molecule has 0 amide bonds. The Hall–Kier alpha value is -1.52. The number of hydrogen-bond donors (Lipinski definition) is 2. The van der Waals surface area contributed by atoms with Gasteiger partial charge in [-0.1, -0.05) is 18.2 Å². The van der Waals surface area contributed by atoms with E-state index in [1.54, 1.807) is 6.07 Å². The highest BCUT2D eigenvalue weighted by molar-refractivity contribution is 5.61. The van der Waals surface area contributed by atoms with Crippen molar-refractivity contribution in [1.82, 2.24) is 4.90 Å². The largest absolute Gasteiger partial charge is 0.504 e. The quantitative estimate of drug-likeness (QED) is 0.803. The van der Waals surface area contributed by atoms with Crippen molar-refractivity contribution >= 4 is 0 Å². The molecule has 1 saturated heterocycles. The van der Waals surface area contributed by atoms with E-state index in [0.717, 1.165) is 30.5 Å². The maximum absolute atomic E-state index is 8.43. The predicted octanol–water partition coefficient (Wildman–Crippen LogP) is 1.20. The first kappa shape index (κ1) is 9.49. The van der Waals surface area contributed by atoms with Gasteiger partial charge in [0.25, 0.3) is 1.43 Å². The number of likely N-dealkylation sites (N-methyl/N-ethyl adjacent to an activating group) is 1. The van der Waals surface area contributed by atoms with Gasteiger partial charge in [0.2, 0.25) is 1.43 Å². The highest BCUT2D eigenvalue weighted by Gasteiger charge is 2.64. The van der Waals surface area contributed by atoms with Gasteiger partial charge >= 0.3 is 0 Å². The van der Waals surface area contributed by atoms with Crippen LogP contribution in [0, 0.1) is 5.92 Å². The zero-order valence-electron chi connectivity index (χ0n) is 14.8. The molecule has 1 aromatic carbocycles. The van der Waals surface area contributed by atoms with Crippen LogP contribution in [0.1, 0.15) is 18.9 Å². The Kier molecular flexibility index (Phi) is 1.64. The number of aromatic hydroxyl groups is 1. The number of aliphatic hydroxyl groups excluding tert-OH is 1. The third kappa shape index (κ3) is 1.21. The van der Waals surface area contributed by atoms with Gasteiger partial charge in [-0.25, -0.2) is 0 Å². The summed E-state index contributed by atoms with van der Waals surface area (Å²) < 4.78 is 29.5. The topological polar surface area (TPSA) is 52.9 Å². The van der Waals surface area contributed by atoms with E-state index in [-0.39, 0.29) is 17.4 Å². The fraction of sp³-hybridized carbons (Fsp3) is 0.529. The van der Waals surface area contributed by atoms with Crippen molar-refractivity contribution in [2.45, 2.75) is 36.5 Å². The predicted molar refractivity (Wildman–Crippen MR) is 77.6 cm³/mol. The minimum absolute atomic E-state index is 0.266. The molecular formula is C17H19NO3. The van der Waals surface area contributed by atoms with Gasteiger partial charge in [0.05, 0.1) is 1.37 Å². The van der Waals surface area contributed by atoms with Crippen LogP contribution in [0.15, 0.2) is 24.3 Å². The molecule has 4 nitrogen and oxygen atoms in total. The van der Waals surface area contributed by atoms with E-state index >= 15 is 0 Å². The summed E-state index contributed by atoms with van der Waals surface area (Å²) in [5, 5.41) is 9.72. The number of piperidine rings is 1. The summed E-state index contributed by atoms with van der Waals surface area (Å²) in [5.41, 5.74) is 1.74. The molecule has 2 heterocycles. The van der Waals surface area contributed by atoms with Gasteiger partial charge in [-0.3, -0.25) is 0 Å². The van der Waals surface area contributed by atoms with Crippen LogP contribution < -0.4 is 4.74 Å². The zero-order chi connectivity index (χ0) is 16.6. The van der Waals surface area contributed by atoms with E-state index in [4.69, 9.17) is 19.2 Å². The number of phenolic OH excluding ortho intramolecular Hbond substituents is 1. The van der Waals surface area contributed by atoms with Gasteiger partial charge in [-0.2, -0.15) is 0 Å². The summed E-state index contributed by atoms with van der Waals surface area (Å²) in [6.45, 7) is 0.942. The van der Waals surface area contributed by atoms with Crippen molar-refractivity contribution in [1.29, 1.82) is 2.86 Å². The van der Waals surface area contributed by atoms with Crippen LogP contribution in [0.25, 0.3) is 0 Å². The van der Waals surface area contributed by atoms with Crippen molar-refractivity contribution in [2.24, 2.45) is 5.92 Å². The first-order chi connectivity index (χ1) is 11.6. The van der Waals surface area contributed by atoms with Crippen LogP contribution >= 0.6 is 0 Å². The number of rotatable bonds is 2. The summed E-state index contributed by atoms with van der Waals surface area (Å²) in [4.78, 5) is 2.37. The monoisotopic (exact) mass is 288 g/mol. The Balaban J connectivity index is 1.83. The highest BCUT2D eigenvalue weighted by Crippen LogP contribution is 2.62. The van der Waals surface area contributed by atoms with E-state index in [1.165, 1.54) is 0 Å². The second kappa shape index (κ2) is 3.62. The summed E-state index contributed by atoms with van der Waals surface area (Å²) >= 11 is 0. The van der Waals surface area contributed by atoms with Gasteiger partial charge in [0.1, 0.15) is 12.2 Å². The summed E-state index contributed by atoms with van der Waals surface area (Å²) in [6, 6.07) is 2.31. The lowest BCUT2D eigenvalue weighted by molar-refractivity contribution is -0.0453. The van der Waals surface area contributed by atoms with E-state index in [9.17, 15) is 0 Å². The normalized spacial score (nSPS) is 44.3. The van der Waals surface area contributed by atoms with Crippen LogP contribution in [-0.2, 0) is 11.8 Å². The average molecular weight is 288 g/mol. The van der Waals surface area contributed by atoms with Crippen molar-refractivity contribution in [2.75, 3.05) is 13.6 Å². The molecule has 0 aromatic heterocycles. The van der Waals surface area contributed by atoms with E-state index < -0.39 is 6.10 Å². The van der Waals surface area contributed by atoms with Crippen molar-refractivity contribution in [3.63, 3.8) is 0 Å². The molecule has 4 heteroatoms. The van der Waals surface area contributed by atoms with Crippen LogP contribution in [0.4, 0.5) is 0 Å². The Morgan fingerprint density at radius 2 is 2.48 bits per heavy atom. The molecule has 2 bridgehead atoms. The molecule has 1 spiro atoms. The molecule has 4 aliphatic rings. The fourth-order valence-electron chi connectivity index (χ4n) is 5.11. The zero-order valence-corrected chi connectivity index (χ0v) is 11.8. The molecule has 0 unspecified atom stereocenters. The number of benzene rings is 1. The molecule has 2 aliphatic carbocycles. The van der Waals surface area contributed by atoms with E-state index in [2.05, 4.69) is 18.0 Å². The molecule has 2 aliphatic heterocycles. The SMILES string of the molecule is [2H]Oc1cc([2H])c2c3c1O[C@H]1[C@@H](O[2H])C=C[C@H]4[C@@H](C2)N(C)CC[C@@]341. The van der Waals surface area contributed by atoms with Crippen LogP contribution in [-0.4, -0.2) is 49.8 Å². The molecule has 5 rings (SSSR count). The van der Waals surface area contributed by atoms with Gasteiger partial charge in [-0.05, 0) is 38.1 Å². The lowest BCUT2D eigenvalue weighted by atomic mass is 9.53. The third-order valence-corrected chi connectivity index (χ3v) is 6.02. The number of ether oxygens (including phenoxy) is 1. The van der Waals surface area contributed by atoms with Gasteiger partial charge in [0.15, 0.2) is 11.5 Å². The summed E-state index contributed by atoms with van der Waals surface area (Å²) in [5.74, 6) is 1.14. The molecular weight excluding hydrogens is 266 g/mol. The molecule has 0 radical (unpaired) electrons.